The summed E-state index contributed by atoms with van der Waals surface area (Å²) in [6, 6.07) is 22.0. The zero-order valence-corrected chi connectivity index (χ0v) is 17.6. The highest BCUT2D eigenvalue weighted by Crippen LogP contribution is 2.19. The van der Waals surface area contributed by atoms with E-state index in [9.17, 15) is 9.90 Å². The molecule has 3 rings (SSSR count). The standard InChI is InChI=1S/C25H29NO4/c1-26(2,14-13-19-11-12-20-7-3-4-8-21(20)15-19)17-23(27)18-30-24-10-6-5-9-22(24)16-25(28)29/h3-12,15,23,27H,13-14,16-18H2,1-2H3/p+1. The molecule has 0 saturated carbocycles. The number of ether oxygens (including phenoxy) is 1. The van der Waals surface area contributed by atoms with Gasteiger partial charge < -0.3 is 19.4 Å². The van der Waals surface area contributed by atoms with E-state index < -0.39 is 12.1 Å². The van der Waals surface area contributed by atoms with Crippen molar-refractivity contribution in [2.75, 3.05) is 33.8 Å². The predicted molar refractivity (Wildman–Crippen MR) is 119 cm³/mol. The second-order valence-corrected chi connectivity index (χ2v) is 8.42. The lowest BCUT2D eigenvalue weighted by molar-refractivity contribution is -0.893. The minimum atomic E-state index is -0.905. The van der Waals surface area contributed by atoms with E-state index in [1.54, 1.807) is 24.3 Å². The van der Waals surface area contributed by atoms with E-state index in [1.165, 1.54) is 16.3 Å². The van der Waals surface area contributed by atoms with E-state index in [2.05, 4.69) is 50.5 Å². The van der Waals surface area contributed by atoms with Crippen LogP contribution in [0.3, 0.4) is 0 Å². The Hall–Kier alpha value is -2.89. The number of quaternary nitrogens is 1. The molecule has 0 aromatic heterocycles. The Morgan fingerprint density at radius 2 is 1.70 bits per heavy atom. The highest BCUT2D eigenvalue weighted by molar-refractivity contribution is 5.83. The third-order valence-corrected chi connectivity index (χ3v) is 5.27. The molecule has 3 aromatic carbocycles. The summed E-state index contributed by atoms with van der Waals surface area (Å²) in [6.07, 6.45) is 0.182. The number of aliphatic carboxylic acids is 1. The summed E-state index contributed by atoms with van der Waals surface area (Å²) in [7, 11) is 4.20. The summed E-state index contributed by atoms with van der Waals surface area (Å²) in [6.45, 7) is 1.58. The molecule has 0 spiro atoms. The minimum Gasteiger partial charge on any atom is -0.490 e. The minimum absolute atomic E-state index is 0.0976. The average Bonchev–Trinajstić information content (AvgIpc) is 2.71. The number of carboxylic acid groups (broad SMARTS) is 1. The topological polar surface area (TPSA) is 66.8 Å². The van der Waals surface area contributed by atoms with Crippen LogP contribution in [0.25, 0.3) is 10.8 Å². The molecule has 0 aliphatic heterocycles. The van der Waals surface area contributed by atoms with Crippen LogP contribution < -0.4 is 4.74 Å². The van der Waals surface area contributed by atoms with Crippen LogP contribution >= 0.6 is 0 Å². The molecule has 30 heavy (non-hydrogen) atoms. The fourth-order valence-corrected chi connectivity index (χ4v) is 3.68. The van der Waals surface area contributed by atoms with Gasteiger partial charge in [0.1, 0.15) is 25.0 Å². The number of nitrogens with zero attached hydrogens (tertiary/aromatic N) is 1. The Bertz CT molecular complexity index is 999. The first-order valence-corrected chi connectivity index (χ1v) is 10.2. The van der Waals surface area contributed by atoms with Crippen molar-refractivity contribution in [3.63, 3.8) is 0 Å². The normalized spacial score (nSPS) is 12.6. The van der Waals surface area contributed by atoms with E-state index in [0.29, 0.717) is 22.3 Å². The molecule has 2 N–H and O–H groups in total. The van der Waals surface area contributed by atoms with Gasteiger partial charge in [-0.15, -0.1) is 0 Å². The number of carboxylic acids is 1. The SMILES string of the molecule is C[N+](C)(CCc1ccc2ccccc2c1)CC(O)COc1ccccc1CC(=O)O. The highest BCUT2D eigenvalue weighted by Gasteiger charge is 2.21. The van der Waals surface area contributed by atoms with Gasteiger partial charge >= 0.3 is 5.97 Å². The summed E-state index contributed by atoms with van der Waals surface area (Å²) >= 11 is 0. The molecule has 5 heteroatoms. The third-order valence-electron chi connectivity index (χ3n) is 5.27. The lowest BCUT2D eigenvalue weighted by atomic mass is 10.0. The van der Waals surface area contributed by atoms with E-state index >= 15 is 0 Å². The fraction of sp³-hybridized carbons (Fsp3) is 0.320. The first-order valence-electron chi connectivity index (χ1n) is 10.2. The van der Waals surface area contributed by atoms with Crippen LogP contribution in [-0.2, 0) is 17.6 Å². The van der Waals surface area contributed by atoms with Crippen molar-refractivity contribution in [1.82, 2.24) is 0 Å². The van der Waals surface area contributed by atoms with Gasteiger partial charge in [-0.2, -0.15) is 0 Å². The Labute approximate surface area is 177 Å². The molecule has 3 aromatic rings. The van der Waals surface area contributed by atoms with Crippen LogP contribution in [-0.4, -0.2) is 60.6 Å². The van der Waals surface area contributed by atoms with Crippen LogP contribution in [0.1, 0.15) is 11.1 Å². The van der Waals surface area contributed by atoms with Crippen LogP contribution in [0.2, 0.25) is 0 Å². The van der Waals surface area contributed by atoms with E-state index in [4.69, 9.17) is 9.84 Å². The lowest BCUT2D eigenvalue weighted by Gasteiger charge is -2.32. The summed E-state index contributed by atoms with van der Waals surface area (Å²) in [5, 5.41) is 22.0. The largest absolute Gasteiger partial charge is 0.490 e. The highest BCUT2D eigenvalue weighted by atomic mass is 16.5. The summed E-state index contributed by atoms with van der Waals surface area (Å²) in [5.74, 6) is -0.390. The number of aliphatic hydroxyl groups is 1. The zero-order valence-electron chi connectivity index (χ0n) is 17.6. The molecule has 0 amide bonds. The van der Waals surface area contributed by atoms with Gasteiger partial charge in [0.25, 0.3) is 0 Å². The Balaban J connectivity index is 1.52. The van der Waals surface area contributed by atoms with Crippen LogP contribution in [0.5, 0.6) is 5.75 Å². The van der Waals surface area contributed by atoms with Crippen molar-refractivity contribution >= 4 is 16.7 Å². The van der Waals surface area contributed by atoms with Crippen LogP contribution in [0.15, 0.2) is 66.7 Å². The molecule has 1 unspecified atom stereocenters. The maximum atomic E-state index is 11.0. The van der Waals surface area contributed by atoms with Crippen molar-refractivity contribution in [3.05, 3.63) is 77.9 Å². The van der Waals surface area contributed by atoms with Gasteiger partial charge in [-0.25, -0.2) is 0 Å². The second kappa shape index (κ2) is 9.74. The molecule has 0 fully saturated rings. The quantitative estimate of drug-likeness (QED) is 0.504. The van der Waals surface area contributed by atoms with E-state index in [-0.39, 0.29) is 13.0 Å². The van der Waals surface area contributed by atoms with Gasteiger partial charge in [0, 0.05) is 12.0 Å². The van der Waals surface area contributed by atoms with Gasteiger partial charge in [-0.3, -0.25) is 4.79 Å². The van der Waals surface area contributed by atoms with E-state index in [1.807, 2.05) is 6.07 Å². The number of likely N-dealkylation sites (N-methyl/N-ethyl adjacent to an activating group) is 1. The van der Waals surface area contributed by atoms with Crippen molar-refractivity contribution in [2.45, 2.75) is 18.9 Å². The molecule has 0 aliphatic rings. The molecule has 0 heterocycles. The molecule has 0 saturated heterocycles. The predicted octanol–water partition coefficient (Wildman–Crippen LogP) is 3.53. The van der Waals surface area contributed by atoms with Crippen molar-refractivity contribution in [3.8, 4) is 5.75 Å². The number of fused-ring (bicyclic) bond motifs is 1. The van der Waals surface area contributed by atoms with Crippen molar-refractivity contribution in [1.29, 1.82) is 0 Å². The van der Waals surface area contributed by atoms with Crippen LogP contribution in [0, 0.1) is 0 Å². The number of benzene rings is 3. The zero-order chi connectivity index (χ0) is 21.6. The maximum Gasteiger partial charge on any atom is 0.307 e. The van der Waals surface area contributed by atoms with E-state index in [0.717, 1.165) is 13.0 Å². The number of aliphatic hydroxyl groups excluding tert-OH is 1. The molecule has 0 bridgehead atoms. The van der Waals surface area contributed by atoms with Gasteiger partial charge in [0.15, 0.2) is 0 Å². The molecule has 5 nitrogen and oxygen atoms in total. The second-order valence-electron chi connectivity index (χ2n) is 8.42. The molecule has 1 atom stereocenters. The third kappa shape index (κ3) is 6.31. The van der Waals surface area contributed by atoms with Crippen molar-refractivity contribution < 1.29 is 24.2 Å². The van der Waals surface area contributed by atoms with Gasteiger partial charge in [0.05, 0.1) is 27.1 Å². The first-order chi connectivity index (χ1) is 14.3. The van der Waals surface area contributed by atoms with Gasteiger partial charge in [-0.05, 0) is 22.4 Å². The summed E-state index contributed by atoms with van der Waals surface area (Å²) in [4.78, 5) is 11.0. The summed E-state index contributed by atoms with van der Waals surface area (Å²) < 4.78 is 6.39. The molecular formula is C25H30NO4+. The number of hydrogen-bond donors (Lipinski definition) is 2. The maximum absolute atomic E-state index is 11.0. The number of rotatable bonds is 10. The first kappa shape index (κ1) is 21.8. The Morgan fingerprint density at radius 3 is 2.47 bits per heavy atom. The molecule has 158 valence electrons. The average molecular weight is 409 g/mol. The lowest BCUT2D eigenvalue weighted by Crippen LogP contribution is -2.48. The molecule has 0 aliphatic carbocycles. The van der Waals surface area contributed by atoms with Crippen molar-refractivity contribution in [2.24, 2.45) is 0 Å². The fourth-order valence-electron chi connectivity index (χ4n) is 3.68. The van der Waals surface area contributed by atoms with Crippen LogP contribution in [0.4, 0.5) is 0 Å². The number of hydrogen-bond acceptors (Lipinski definition) is 3. The summed E-state index contributed by atoms with van der Waals surface area (Å²) in [5.41, 5.74) is 1.90. The number of para-hydroxylation sites is 1. The smallest absolute Gasteiger partial charge is 0.307 e. The molecule has 0 radical (unpaired) electrons. The monoisotopic (exact) mass is 408 g/mol. The number of carbonyl (C=O) groups is 1. The Morgan fingerprint density at radius 1 is 1.00 bits per heavy atom. The molecular weight excluding hydrogens is 378 g/mol. The van der Waals surface area contributed by atoms with Gasteiger partial charge in [0.2, 0.25) is 0 Å². The Kier molecular flexibility index (Phi) is 7.08. The van der Waals surface area contributed by atoms with Gasteiger partial charge in [-0.1, -0.05) is 60.7 Å².